The van der Waals surface area contributed by atoms with Crippen LogP contribution in [-0.4, -0.2) is 92.2 Å². The molecule has 2 fully saturated rings. The topological polar surface area (TPSA) is 143 Å². The maximum atomic E-state index is 13.6. The lowest BCUT2D eigenvalue weighted by molar-refractivity contribution is -0.0244. The van der Waals surface area contributed by atoms with Gasteiger partial charge < -0.3 is 29.5 Å². The van der Waals surface area contributed by atoms with Crippen molar-refractivity contribution in [2.24, 2.45) is 0 Å². The Morgan fingerprint density at radius 2 is 1.93 bits per heavy atom. The molecule has 5 heterocycles. The van der Waals surface area contributed by atoms with Crippen molar-refractivity contribution in [2.75, 3.05) is 26.2 Å². The maximum Gasteiger partial charge on any atom is 0.506 e. The van der Waals surface area contributed by atoms with E-state index in [1.165, 1.54) is 16.2 Å². The van der Waals surface area contributed by atoms with E-state index in [9.17, 15) is 14.4 Å². The van der Waals surface area contributed by atoms with Crippen LogP contribution in [0.25, 0.3) is 21.5 Å². The average Bonchev–Trinajstić information content (AvgIpc) is 3.69. The molecule has 4 aromatic rings. The molecular weight excluding hydrogens is 596 g/mol. The molecular formula is C29H31ClN6O6S. The third-order valence-corrected chi connectivity index (χ3v) is 9.14. The molecule has 12 nitrogen and oxygen atoms in total. The molecule has 0 spiro atoms. The fraction of sp³-hybridized carbons (Fsp3) is 0.414. The molecule has 0 unspecified atom stereocenters. The molecule has 2 saturated heterocycles. The van der Waals surface area contributed by atoms with Crippen LogP contribution in [0.5, 0.6) is 0 Å². The minimum absolute atomic E-state index is 0.0236. The van der Waals surface area contributed by atoms with Gasteiger partial charge in [-0.25, -0.2) is 4.79 Å². The number of aromatic nitrogens is 3. The molecule has 226 valence electrons. The number of carbonyl (C=O) groups excluding carboxylic acids is 2. The van der Waals surface area contributed by atoms with Crippen LogP contribution in [0.1, 0.15) is 53.2 Å². The highest BCUT2D eigenvalue weighted by Gasteiger charge is 2.34. The molecule has 2 N–H and O–H groups in total. The minimum Gasteiger partial charge on any atom is -0.450 e. The summed E-state index contributed by atoms with van der Waals surface area (Å²) in [7, 11) is 0. The molecule has 3 aromatic heterocycles. The third-order valence-electron chi connectivity index (χ3n) is 7.90. The van der Waals surface area contributed by atoms with Crippen molar-refractivity contribution in [1.82, 2.24) is 30.1 Å². The monoisotopic (exact) mass is 626 g/mol. The summed E-state index contributed by atoms with van der Waals surface area (Å²) < 4.78 is 12.6. The molecule has 0 atom stereocenters. The summed E-state index contributed by atoms with van der Waals surface area (Å²) in [5.74, 6) is 0.00836. The molecule has 0 radical (unpaired) electrons. The van der Waals surface area contributed by atoms with E-state index < -0.39 is 12.3 Å². The number of fused-ring (bicyclic) bond motifs is 1. The number of amides is 2. The lowest BCUT2D eigenvalue weighted by Gasteiger charge is -2.37. The zero-order valence-electron chi connectivity index (χ0n) is 23.7. The first-order chi connectivity index (χ1) is 20.6. The van der Waals surface area contributed by atoms with Crippen molar-refractivity contribution in [3.63, 3.8) is 0 Å². The van der Waals surface area contributed by atoms with Crippen molar-refractivity contribution < 1.29 is 28.8 Å². The van der Waals surface area contributed by atoms with E-state index >= 15 is 0 Å². The minimum atomic E-state index is -1.37. The number of ether oxygens (including phenoxy) is 1. The van der Waals surface area contributed by atoms with Gasteiger partial charge >= 0.3 is 6.16 Å². The van der Waals surface area contributed by atoms with E-state index in [0.717, 1.165) is 30.8 Å². The number of halogens is 1. The van der Waals surface area contributed by atoms with Crippen LogP contribution in [0.3, 0.4) is 0 Å². The molecule has 2 aliphatic rings. The van der Waals surface area contributed by atoms with Crippen molar-refractivity contribution in [1.29, 1.82) is 0 Å². The van der Waals surface area contributed by atoms with Gasteiger partial charge in [0.25, 0.3) is 11.8 Å². The standard InChI is InChI=1S/C29H31ClN6O6S/c1-16(2)34-9-7-18(8-10-34)31-27(37)26-21-11-17(28(38)35-14-20(15-35)41-29(39)40)3-4-22(21)36(32-26)13-19-12-23(42-33-19)24-5-6-25(30)43-24/h3-6,11-12,16,18,20H,7-10,13-15H2,1-2H3,(H,31,37)(H,39,40). The zero-order valence-corrected chi connectivity index (χ0v) is 25.2. The number of benzene rings is 1. The Labute approximate surface area is 256 Å². The highest BCUT2D eigenvalue weighted by molar-refractivity contribution is 7.19. The predicted octanol–water partition coefficient (Wildman–Crippen LogP) is 4.58. The summed E-state index contributed by atoms with van der Waals surface area (Å²) in [4.78, 5) is 42.4. The number of hydrogen-bond acceptors (Lipinski definition) is 9. The van der Waals surface area contributed by atoms with Gasteiger partial charge in [0.05, 0.1) is 34.4 Å². The first kappa shape index (κ1) is 29.1. The van der Waals surface area contributed by atoms with Crippen molar-refractivity contribution in [3.05, 3.63) is 57.7 Å². The maximum absolute atomic E-state index is 13.6. The Hall–Kier alpha value is -3.94. The number of rotatable bonds is 8. The van der Waals surface area contributed by atoms with Gasteiger partial charge in [-0.05, 0) is 57.0 Å². The van der Waals surface area contributed by atoms with E-state index in [-0.39, 0.29) is 43.2 Å². The van der Waals surface area contributed by atoms with Gasteiger partial charge in [0.2, 0.25) is 0 Å². The smallest absolute Gasteiger partial charge is 0.450 e. The number of nitrogens with zero attached hydrogens (tertiary/aromatic N) is 5. The molecule has 43 heavy (non-hydrogen) atoms. The highest BCUT2D eigenvalue weighted by Crippen LogP contribution is 2.32. The second-order valence-electron chi connectivity index (χ2n) is 11.1. The quantitative estimate of drug-likeness (QED) is 0.269. The Morgan fingerprint density at radius 1 is 1.16 bits per heavy atom. The van der Waals surface area contributed by atoms with Crippen molar-refractivity contribution in [2.45, 2.75) is 51.4 Å². The van der Waals surface area contributed by atoms with Crippen LogP contribution in [0, 0.1) is 0 Å². The normalized spacial score (nSPS) is 16.5. The molecule has 1 aromatic carbocycles. The van der Waals surface area contributed by atoms with Gasteiger partial charge in [-0.3, -0.25) is 14.3 Å². The summed E-state index contributed by atoms with van der Waals surface area (Å²) in [6.07, 6.45) is -0.228. The summed E-state index contributed by atoms with van der Waals surface area (Å²) >= 11 is 7.46. The Bertz CT molecular complexity index is 1670. The second-order valence-corrected chi connectivity index (χ2v) is 12.8. The lowest BCUT2D eigenvalue weighted by Crippen LogP contribution is -2.55. The number of carboxylic acid groups (broad SMARTS) is 1. The van der Waals surface area contributed by atoms with Gasteiger partial charge in [0, 0.05) is 42.2 Å². The van der Waals surface area contributed by atoms with E-state index in [1.807, 2.05) is 12.1 Å². The predicted molar refractivity (Wildman–Crippen MR) is 160 cm³/mol. The van der Waals surface area contributed by atoms with Crippen molar-refractivity contribution in [3.8, 4) is 10.6 Å². The third kappa shape index (κ3) is 6.24. The van der Waals surface area contributed by atoms with E-state index in [4.69, 9.17) is 26.0 Å². The molecule has 0 bridgehead atoms. The van der Waals surface area contributed by atoms with E-state index in [2.05, 4.69) is 34.3 Å². The molecule has 2 aliphatic heterocycles. The fourth-order valence-electron chi connectivity index (χ4n) is 5.52. The van der Waals surface area contributed by atoms with E-state index in [0.29, 0.717) is 38.3 Å². The highest BCUT2D eigenvalue weighted by atomic mass is 35.5. The Kier molecular flexibility index (Phi) is 8.12. The molecule has 0 saturated carbocycles. The zero-order chi connectivity index (χ0) is 30.2. The van der Waals surface area contributed by atoms with Crippen molar-refractivity contribution >= 4 is 51.8 Å². The molecule has 6 rings (SSSR count). The number of thiophene rings is 1. The molecule has 14 heteroatoms. The summed E-state index contributed by atoms with van der Waals surface area (Å²) in [5, 5.41) is 21.4. The van der Waals surface area contributed by atoms with Crippen LogP contribution >= 0.6 is 22.9 Å². The summed E-state index contributed by atoms with van der Waals surface area (Å²) in [5.41, 5.74) is 1.87. The SMILES string of the molecule is CC(C)N1CCC(NC(=O)c2nn(Cc3cc(-c4ccc(Cl)s4)on3)c3ccc(C(=O)N4CC(OC(=O)O)C4)cc23)CC1. The lowest BCUT2D eigenvalue weighted by atomic mass is 10.0. The molecule has 0 aliphatic carbocycles. The van der Waals surface area contributed by atoms with Gasteiger partial charge in [0.1, 0.15) is 11.8 Å². The number of likely N-dealkylation sites (tertiary alicyclic amines) is 2. The fourth-order valence-corrected chi connectivity index (χ4v) is 6.51. The van der Waals surface area contributed by atoms with Gasteiger partial charge in [-0.1, -0.05) is 16.8 Å². The molecule has 2 amide bonds. The second kappa shape index (κ2) is 12.0. The summed E-state index contributed by atoms with van der Waals surface area (Å²) in [6, 6.07) is 11.1. The average molecular weight is 627 g/mol. The van der Waals surface area contributed by atoms with E-state index in [1.54, 1.807) is 28.9 Å². The van der Waals surface area contributed by atoms with Gasteiger partial charge in [-0.15, -0.1) is 11.3 Å². The summed E-state index contributed by atoms with van der Waals surface area (Å²) in [6.45, 7) is 6.75. The first-order valence-corrected chi connectivity index (χ1v) is 15.3. The van der Waals surface area contributed by atoms with Crippen LogP contribution in [0.2, 0.25) is 4.34 Å². The van der Waals surface area contributed by atoms with Crippen LogP contribution in [0.4, 0.5) is 4.79 Å². The number of carbonyl (C=O) groups is 3. The van der Waals surface area contributed by atoms with Crippen LogP contribution < -0.4 is 5.32 Å². The van der Waals surface area contributed by atoms with Gasteiger partial charge in [0.15, 0.2) is 11.5 Å². The Balaban J connectivity index is 1.26. The number of piperidine rings is 1. The largest absolute Gasteiger partial charge is 0.506 e. The number of hydrogen-bond donors (Lipinski definition) is 2. The number of nitrogens with one attached hydrogen (secondary N) is 1. The first-order valence-electron chi connectivity index (χ1n) is 14.1. The van der Waals surface area contributed by atoms with Crippen LogP contribution in [-0.2, 0) is 11.3 Å². The van der Waals surface area contributed by atoms with Crippen LogP contribution in [0.15, 0.2) is 40.9 Å². The Morgan fingerprint density at radius 3 is 2.60 bits per heavy atom. The van der Waals surface area contributed by atoms with Gasteiger partial charge in [-0.2, -0.15) is 5.10 Å².